The largest absolute Gasteiger partial charge is 1.00 e. The molecule has 0 heterocycles. The molecule has 0 spiro atoms. The van der Waals surface area contributed by atoms with Gasteiger partial charge in [-0.3, -0.25) is 0 Å². The van der Waals surface area contributed by atoms with Crippen molar-refractivity contribution in [2.75, 3.05) is 0 Å². The van der Waals surface area contributed by atoms with Gasteiger partial charge in [-0.05, 0) is 35.6 Å². The Balaban J connectivity index is -0.00000000398. The summed E-state index contributed by atoms with van der Waals surface area (Å²) in [5, 5.41) is 12.9. The maximum atomic E-state index is 5.93. The van der Waals surface area contributed by atoms with Crippen molar-refractivity contribution in [3.8, 4) is 48.9 Å². The number of terminal acetylenes is 3. The predicted molar refractivity (Wildman–Crippen MR) is 126 cm³/mol. The van der Waals surface area contributed by atoms with E-state index < -0.39 is 0 Å². The molecule has 0 aliphatic heterocycles. The van der Waals surface area contributed by atoms with E-state index in [0.717, 1.165) is 0 Å². The van der Waals surface area contributed by atoms with Crippen LogP contribution < -0.4 is 57.5 Å². The summed E-state index contributed by atoms with van der Waals surface area (Å²) in [6.07, 6.45) is 14.0. The van der Waals surface area contributed by atoms with Gasteiger partial charge in [0.25, 0.3) is 0 Å². The van der Waals surface area contributed by atoms with E-state index in [9.17, 15) is 0 Å². The molecule has 0 saturated heterocycles. The van der Waals surface area contributed by atoms with E-state index in [4.69, 9.17) is 18.4 Å². The van der Waals surface area contributed by atoms with Gasteiger partial charge in [-0.1, -0.05) is 44.6 Å². The summed E-state index contributed by atoms with van der Waals surface area (Å²) in [4.78, 5) is 3.49. The Morgan fingerprint density at radius 3 is 1.37 bits per heavy atom. The van der Waals surface area contributed by atoms with Crippen molar-refractivity contribution in [1.82, 2.24) is 6.15 Å². The predicted octanol–water partition coefficient (Wildman–Crippen LogP) is 3.06. The second kappa shape index (κ2) is 140. The fraction of sp³-hybridized carbons (Fsp3) is 0.467. The molecule has 0 bridgehead atoms. The molecule has 27 heavy (non-hydrogen) atoms. The third kappa shape index (κ3) is 253. The zero-order valence-electron chi connectivity index (χ0n) is 11.5. The zero-order valence-corrected chi connectivity index (χ0v) is 15.7. The van der Waals surface area contributed by atoms with E-state index in [1.54, 1.807) is 16.4 Å². The molecule has 7 N–H and O–H groups in total. The molecule has 0 aromatic carbocycles. The average Bonchev–Trinajstić information content (AvgIpc) is 2.34. The molecular formula is C15H53KN3O7P. The summed E-state index contributed by atoms with van der Waals surface area (Å²) >= 11 is 0. The Hall–Kier alpha value is -0.574. The van der Waals surface area contributed by atoms with Crippen molar-refractivity contribution in [3.63, 3.8) is 0 Å². The summed E-state index contributed by atoms with van der Waals surface area (Å²) in [6, 6.07) is 0. The zero-order chi connectivity index (χ0) is 13.8. The Bertz CT molecular complexity index is 367. The van der Waals surface area contributed by atoms with Crippen LogP contribution in [-0.2, 0) is 24.8 Å². The minimum Gasteiger partial charge on any atom is -0.870 e. The van der Waals surface area contributed by atoms with E-state index in [1.807, 2.05) is 0 Å². The van der Waals surface area contributed by atoms with Crippen molar-refractivity contribution >= 4 is 9.47 Å². The third-order valence-electron chi connectivity index (χ3n) is 0.369. The summed E-state index contributed by atoms with van der Waals surface area (Å²) in [5.74, 6) is 10.9. The number of nitrogens with one attached hydrogen (secondary N) is 1. The molecule has 1 unspecified atom stereocenters. The fourth-order valence-electron chi connectivity index (χ4n) is 0.127. The molecule has 0 aromatic rings. The molecule has 0 aliphatic rings. The summed E-state index contributed by atoms with van der Waals surface area (Å²) in [5.41, 5.74) is 5.93. The van der Waals surface area contributed by atoms with E-state index in [-0.39, 0.29) is 123 Å². The first-order chi connectivity index (χ1) is 8.24. The van der Waals surface area contributed by atoms with Gasteiger partial charge in [-0.2, -0.15) is 15.2 Å². The van der Waals surface area contributed by atoms with Crippen LogP contribution in [0.15, 0.2) is 5.28 Å². The topological polar surface area (TPSA) is 179 Å². The van der Waals surface area contributed by atoms with Crippen LogP contribution in [0.3, 0.4) is 0 Å². The van der Waals surface area contributed by atoms with Crippen molar-refractivity contribution in [2.24, 2.45) is 5.28 Å². The van der Waals surface area contributed by atoms with Crippen LogP contribution >= 0.6 is 9.47 Å². The Labute approximate surface area is 222 Å². The van der Waals surface area contributed by atoms with Crippen LogP contribution in [0.2, 0.25) is 0 Å². The quantitative estimate of drug-likeness (QED) is 0.121. The van der Waals surface area contributed by atoms with Crippen LogP contribution in [0, 0.1) is 54.4 Å². The Kier molecular flexibility index (Phi) is 490. The smallest absolute Gasteiger partial charge is 0.870 e. The van der Waals surface area contributed by atoms with Crippen LogP contribution in [0.25, 0.3) is 0 Å². The van der Waals surface area contributed by atoms with Gasteiger partial charge in [0.1, 0.15) is 0 Å². The molecular weight excluding hydrogens is 404 g/mol. The summed E-state index contributed by atoms with van der Waals surface area (Å²) in [7, 11) is 1.70. The van der Waals surface area contributed by atoms with Gasteiger partial charge in [-0.15, -0.1) is 25.2 Å². The number of rotatable bonds is 5. The van der Waals surface area contributed by atoms with Gasteiger partial charge >= 0.3 is 51.4 Å². The van der Waals surface area contributed by atoms with Gasteiger partial charge in [-0.25, -0.2) is 0 Å². The van der Waals surface area contributed by atoms with E-state index in [2.05, 4.69) is 66.1 Å². The summed E-state index contributed by atoms with van der Waals surface area (Å²) < 4.78 is 3.77. The number of hydrogen-bond acceptors (Lipinski definition) is 9. The molecule has 0 radical (unpaired) electrons. The van der Waals surface area contributed by atoms with E-state index in [0.29, 0.717) is 0 Å². The van der Waals surface area contributed by atoms with Gasteiger partial charge in [0.2, 0.25) is 0 Å². The SMILES string of the molecule is C.C.C.C.C.C.C#CC.C#CC#CC#C.N.N=NOOOOOP.O.[HH].[HH].[HH].[HH].[HH].[HH].[HH].[K+].[OH-]. The molecule has 0 aromatic heterocycles. The van der Waals surface area contributed by atoms with E-state index in [1.165, 1.54) is 0 Å². The van der Waals surface area contributed by atoms with Crippen molar-refractivity contribution < 1.29 is 97.1 Å². The Morgan fingerprint density at radius 2 is 1.19 bits per heavy atom. The molecule has 0 fully saturated rings. The molecule has 10 nitrogen and oxygen atoms in total. The molecule has 0 aliphatic carbocycles. The minimum atomic E-state index is 0. The molecule has 0 amide bonds. The van der Waals surface area contributed by atoms with Crippen molar-refractivity contribution in [2.45, 2.75) is 51.5 Å². The maximum absolute atomic E-state index is 5.93. The first-order valence-corrected chi connectivity index (χ1v) is 3.90. The normalized spacial score (nSPS) is 3.52. The van der Waals surface area contributed by atoms with Gasteiger partial charge in [0, 0.05) is 29.5 Å². The van der Waals surface area contributed by atoms with Gasteiger partial charge in [0.15, 0.2) is 0 Å². The van der Waals surface area contributed by atoms with Crippen LogP contribution in [0.5, 0.6) is 0 Å². The standard InChI is InChI=1S/C6H2.C3H4.6CH4.K.H3N2O5P.H3N.2H2O.7H2/c1-3-5-6-4-2;1-3-2;;;;;;;;1-2-3-4-5-6-7-8;;;;;;;;;;/h1-2H;1H,2H3;6*1H4;;1H,8H2;1H3;2*1H2;7*1H/q;;;;;;;;+1;;;;;;;;;;;/p-1. The maximum Gasteiger partial charge on any atom is 1.00 e. The minimum absolute atomic E-state index is 0. The Morgan fingerprint density at radius 1 is 0.889 bits per heavy atom. The van der Waals surface area contributed by atoms with E-state index >= 15 is 0 Å². The van der Waals surface area contributed by atoms with Gasteiger partial charge in [0.05, 0.1) is 5.28 Å². The van der Waals surface area contributed by atoms with Crippen LogP contribution in [-0.4, -0.2) is 11.0 Å². The summed E-state index contributed by atoms with van der Waals surface area (Å²) in [6.45, 7) is 1.65. The second-order valence-corrected chi connectivity index (χ2v) is 1.49. The first kappa shape index (κ1) is 94.8. The number of hydrogen-bond donors (Lipinski definition) is 2. The molecule has 0 saturated carbocycles. The molecule has 12 heteroatoms. The third-order valence-corrected chi connectivity index (χ3v) is 0.448. The average molecular weight is 458 g/mol. The van der Waals surface area contributed by atoms with Crippen LogP contribution in [0.1, 0.15) is 61.5 Å². The molecule has 1 atom stereocenters. The van der Waals surface area contributed by atoms with Crippen molar-refractivity contribution in [3.05, 3.63) is 0 Å². The first-order valence-electron chi connectivity index (χ1n) is 3.42. The fourth-order valence-corrected chi connectivity index (χ4v) is 0.159. The van der Waals surface area contributed by atoms with Crippen molar-refractivity contribution in [1.29, 1.82) is 5.53 Å². The van der Waals surface area contributed by atoms with Gasteiger partial charge < -0.3 is 17.1 Å². The number of nitrogens with zero attached hydrogens (tertiary/aromatic N) is 1. The molecule has 176 valence electrons. The van der Waals surface area contributed by atoms with Crippen LogP contribution in [0.4, 0.5) is 0 Å². The monoisotopic (exact) mass is 457 g/mol. The second-order valence-electron chi connectivity index (χ2n) is 1.29. The molecule has 0 rings (SSSR count).